The molecule has 0 saturated carbocycles. The van der Waals surface area contributed by atoms with Gasteiger partial charge >= 0.3 is 5.97 Å². The highest BCUT2D eigenvalue weighted by Crippen LogP contribution is 2.28. The maximum Gasteiger partial charge on any atom is 0.310 e. The van der Waals surface area contributed by atoms with E-state index in [1.807, 2.05) is 40.0 Å². The summed E-state index contributed by atoms with van der Waals surface area (Å²) in [6.07, 6.45) is 4.90. The second-order valence-corrected chi connectivity index (χ2v) is 10.6. The Hall–Kier alpha value is -2.97. The SMILES string of the molecule is CCC(CNCc1ccc2c(c1)nc(-c1cc(C)c(=O)n(C)c1)n2C[C@@H]1CCCNC1)C(=O)OC(C)C. The van der Waals surface area contributed by atoms with Gasteiger partial charge in [-0.15, -0.1) is 0 Å². The normalized spacial score (nSPS) is 16.9. The molecule has 200 valence electrons. The Labute approximate surface area is 219 Å². The number of rotatable bonds is 10. The summed E-state index contributed by atoms with van der Waals surface area (Å²) in [5, 5.41) is 6.95. The third kappa shape index (κ3) is 6.48. The molecule has 3 heterocycles. The first-order valence-corrected chi connectivity index (χ1v) is 13.6. The van der Waals surface area contributed by atoms with E-state index in [-0.39, 0.29) is 23.6 Å². The molecule has 2 aromatic heterocycles. The standard InChI is InChI=1S/C29H41N5O3/c1-6-23(29(36)37-19(2)3)16-31-14-21-9-10-26-25(13-21)32-27(24-12-20(4)28(35)33(5)18-24)34(26)17-22-8-7-11-30-15-22/h9-10,12-13,18-19,22-23,30-31H,6-8,11,14-17H2,1-5H3/t22-,23?/m1/s1. The van der Waals surface area contributed by atoms with Crippen LogP contribution in [0, 0.1) is 18.8 Å². The van der Waals surface area contributed by atoms with Crippen molar-refractivity contribution in [3.05, 3.63) is 51.9 Å². The Morgan fingerprint density at radius 3 is 2.78 bits per heavy atom. The van der Waals surface area contributed by atoms with Gasteiger partial charge in [0, 0.05) is 44.0 Å². The Balaban J connectivity index is 1.60. The Kier molecular flexibility index (Phi) is 8.82. The number of pyridine rings is 1. The van der Waals surface area contributed by atoms with E-state index < -0.39 is 0 Å². The van der Waals surface area contributed by atoms with Gasteiger partial charge in [-0.05, 0) is 82.8 Å². The number of aryl methyl sites for hydroxylation is 2. The van der Waals surface area contributed by atoms with Crippen LogP contribution in [0.5, 0.6) is 0 Å². The molecule has 0 spiro atoms. The summed E-state index contributed by atoms with van der Waals surface area (Å²) in [6, 6.07) is 8.36. The molecule has 0 amide bonds. The number of fused-ring (bicyclic) bond motifs is 1. The van der Waals surface area contributed by atoms with Crippen molar-refractivity contribution in [1.82, 2.24) is 24.8 Å². The number of aromatic nitrogens is 3. The minimum atomic E-state index is -0.158. The van der Waals surface area contributed by atoms with Gasteiger partial charge in [0.25, 0.3) is 5.56 Å². The van der Waals surface area contributed by atoms with Gasteiger partial charge in [-0.1, -0.05) is 13.0 Å². The molecule has 8 nitrogen and oxygen atoms in total. The second-order valence-electron chi connectivity index (χ2n) is 10.6. The Bertz CT molecular complexity index is 1260. The van der Waals surface area contributed by atoms with E-state index in [1.54, 1.807) is 11.6 Å². The number of esters is 1. The molecule has 1 aromatic carbocycles. The highest BCUT2D eigenvalue weighted by molar-refractivity contribution is 5.81. The molecule has 3 aromatic rings. The number of ether oxygens (including phenoxy) is 1. The van der Waals surface area contributed by atoms with Crippen molar-refractivity contribution >= 4 is 17.0 Å². The number of nitrogens with zero attached hydrogens (tertiary/aromatic N) is 3. The first-order chi connectivity index (χ1) is 17.8. The monoisotopic (exact) mass is 507 g/mol. The van der Waals surface area contributed by atoms with E-state index in [1.165, 1.54) is 12.8 Å². The molecular weight excluding hydrogens is 466 g/mol. The molecule has 1 saturated heterocycles. The first kappa shape index (κ1) is 27.1. The van der Waals surface area contributed by atoms with Gasteiger partial charge in [-0.3, -0.25) is 9.59 Å². The van der Waals surface area contributed by atoms with Crippen molar-refractivity contribution in [2.75, 3.05) is 19.6 Å². The molecular formula is C29H41N5O3. The molecule has 4 rings (SSSR count). The number of imidazole rings is 1. The zero-order chi connectivity index (χ0) is 26.5. The van der Waals surface area contributed by atoms with E-state index >= 15 is 0 Å². The van der Waals surface area contributed by atoms with Gasteiger partial charge in [-0.2, -0.15) is 0 Å². The minimum absolute atomic E-state index is 0.0129. The summed E-state index contributed by atoms with van der Waals surface area (Å²) in [5.74, 6) is 1.13. The predicted molar refractivity (Wildman–Crippen MR) is 147 cm³/mol. The molecule has 37 heavy (non-hydrogen) atoms. The summed E-state index contributed by atoms with van der Waals surface area (Å²) in [5.41, 5.74) is 4.84. The van der Waals surface area contributed by atoms with Crippen LogP contribution in [0.4, 0.5) is 0 Å². The summed E-state index contributed by atoms with van der Waals surface area (Å²) in [4.78, 5) is 29.7. The van der Waals surface area contributed by atoms with Crippen molar-refractivity contribution in [2.24, 2.45) is 18.9 Å². The smallest absolute Gasteiger partial charge is 0.310 e. The lowest BCUT2D eigenvalue weighted by Crippen LogP contribution is -2.32. The van der Waals surface area contributed by atoms with Crippen LogP contribution in [-0.4, -0.2) is 45.8 Å². The van der Waals surface area contributed by atoms with Gasteiger partial charge < -0.3 is 24.5 Å². The van der Waals surface area contributed by atoms with E-state index in [4.69, 9.17) is 9.72 Å². The fourth-order valence-electron chi connectivity index (χ4n) is 5.14. The van der Waals surface area contributed by atoms with Crippen LogP contribution in [0.3, 0.4) is 0 Å². The fraction of sp³-hybridized carbons (Fsp3) is 0.552. The highest BCUT2D eigenvalue weighted by atomic mass is 16.5. The van der Waals surface area contributed by atoms with Crippen molar-refractivity contribution in [3.63, 3.8) is 0 Å². The third-order valence-electron chi connectivity index (χ3n) is 7.17. The number of benzene rings is 1. The van der Waals surface area contributed by atoms with Gasteiger partial charge in [0.2, 0.25) is 0 Å². The molecule has 1 unspecified atom stereocenters. The van der Waals surface area contributed by atoms with Crippen LogP contribution in [-0.2, 0) is 29.7 Å². The topological polar surface area (TPSA) is 90.2 Å². The van der Waals surface area contributed by atoms with Crippen LogP contribution >= 0.6 is 0 Å². The predicted octanol–water partition coefficient (Wildman–Crippen LogP) is 3.78. The van der Waals surface area contributed by atoms with Crippen LogP contribution in [0.1, 0.15) is 51.2 Å². The molecule has 1 fully saturated rings. The van der Waals surface area contributed by atoms with Gasteiger partial charge in [0.1, 0.15) is 5.82 Å². The molecule has 1 aliphatic heterocycles. The lowest BCUT2D eigenvalue weighted by atomic mass is 9.99. The highest BCUT2D eigenvalue weighted by Gasteiger charge is 2.21. The van der Waals surface area contributed by atoms with Crippen molar-refractivity contribution in [2.45, 2.75) is 66.2 Å². The van der Waals surface area contributed by atoms with Crippen LogP contribution in [0.15, 0.2) is 35.3 Å². The first-order valence-electron chi connectivity index (χ1n) is 13.6. The Morgan fingerprint density at radius 2 is 2.11 bits per heavy atom. The summed E-state index contributed by atoms with van der Waals surface area (Å²) < 4.78 is 9.35. The minimum Gasteiger partial charge on any atom is -0.463 e. The van der Waals surface area contributed by atoms with Crippen LogP contribution in [0.2, 0.25) is 0 Å². The maximum absolute atomic E-state index is 12.3. The Morgan fingerprint density at radius 1 is 1.30 bits per heavy atom. The quantitative estimate of drug-likeness (QED) is 0.406. The summed E-state index contributed by atoms with van der Waals surface area (Å²) >= 11 is 0. The number of hydrogen-bond acceptors (Lipinski definition) is 6. The average Bonchev–Trinajstić information content (AvgIpc) is 3.22. The lowest BCUT2D eigenvalue weighted by molar-refractivity contribution is -0.152. The van der Waals surface area contributed by atoms with Crippen LogP contribution in [0.25, 0.3) is 22.4 Å². The number of hydrogen-bond donors (Lipinski definition) is 2. The van der Waals surface area contributed by atoms with Crippen molar-refractivity contribution in [3.8, 4) is 11.4 Å². The number of carbonyl (C=O) groups excluding carboxylic acids is 1. The molecule has 1 aliphatic rings. The zero-order valence-corrected chi connectivity index (χ0v) is 22.8. The largest absolute Gasteiger partial charge is 0.463 e. The fourth-order valence-corrected chi connectivity index (χ4v) is 5.14. The molecule has 8 heteroatoms. The molecule has 2 atom stereocenters. The van der Waals surface area contributed by atoms with E-state index in [9.17, 15) is 9.59 Å². The van der Waals surface area contributed by atoms with E-state index in [2.05, 4.69) is 33.4 Å². The van der Waals surface area contributed by atoms with Gasteiger partial charge in [0.15, 0.2) is 0 Å². The van der Waals surface area contributed by atoms with Crippen molar-refractivity contribution in [1.29, 1.82) is 0 Å². The van der Waals surface area contributed by atoms with E-state index in [0.29, 0.717) is 24.6 Å². The molecule has 0 bridgehead atoms. The zero-order valence-electron chi connectivity index (χ0n) is 22.8. The molecule has 0 aliphatic carbocycles. The van der Waals surface area contributed by atoms with Gasteiger partial charge in [-0.25, -0.2) is 4.98 Å². The maximum atomic E-state index is 12.3. The third-order valence-corrected chi connectivity index (χ3v) is 7.17. The number of nitrogens with one attached hydrogen (secondary N) is 2. The van der Waals surface area contributed by atoms with Crippen LogP contribution < -0.4 is 16.2 Å². The lowest BCUT2D eigenvalue weighted by Gasteiger charge is -2.24. The number of piperidine rings is 1. The summed E-state index contributed by atoms with van der Waals surface area (Å²) in [6.45, 7) is 11.8. The average molecular weight is 508 g/mol. The molecule has 2 N–H and O–H groups in total. The van der Waals surface area contributed by atoms with E-state index in [0.717, 1.165) is 54.0 Å². The number of carbonyl (C=O) groups is 1. The molecule has 0 radical (unpaired) electrons. The second kappa shape index (κ2) is 12.0. The van der Waals surface area contributed by atoms with Crippen molar-refractivity contribution < 1.29 is 9.53 Å². The summed E-state index contributed by atoms with van der Waals surface area (Å²) in [7, 11) is 1.79. The van der Waals surface area contributed by atoms with Gasteiger partial charge in [0.05, 0.1) is 23.1 Å².